The third kappa shape index (κ3) is 2.74. The van der Waals surface area contributed by atoms with Gasteiger partial charge in [0.15, 0.2) is 0 Å². The third-order valence-electron chi connectivity index (χ3n) is 2.40. The summed E-state index contributed by atoms with van der Waals surface area (Å²) in [5.74, 6) is 0. The van der Waals surface area contributed by atoms with Crippen LogP contribution in [0.4, 0.5) is 0 Å². The maximum absolute atomic E-state index is 2.50. The number of aryl methyl sites for hydroxylation is 2. The Balaban J connectivity index is 3.28. The average Bonchev–Trinajstić information content (AvgIpc) is 2.01. The molecular weight excluding hydrogens is 350 g/mol. The molecule has 0 unspecified atom stereocenters. The Kier molecular flexibility index (Phi) is 4.07. The Morgan fingerprint density at radius 1 is 1.07 bits per heavy atom. The van der Waals surface area contributed by atoms with Crippen LogP contribution in [0, 0.1) is 13.8 Å². The molecule has 0 aromatic heterocycles. The van der Waals surface area contributed by atoms with Crippen LogP contribution in [0.2, 0.25) is 0 Å². The van der Waals surface area contributed by atoms with Crippen molar-refractivity contribution in [2.75, 3.05) is 0 Å². The molecule has 0 aliphatic rings. The number of hydrogen-bond acceptors (Lipinski definition) is 0. The number of halogens is 1. The van der Waals surface area contributed by atoms with Crippen LogP contribution < -0.4 is 4.46 Å². The summed E-state index contributed by atoms with van der Waals surface area (Å²) >= 11 is 3.09. The van der Waals surface area contributed by atoms with Crippen LogP contribution in [0.1, 0.15) is 37.5 Å². The summed E-state index contributed by atoms with van der Waals surface area (Å²) in [6, 6.07) is 4.70. The zero-order chi connectivity index (χ0) is 10.9. The molecule has 78 valence electrons. The molecule has 0 bridgehead atoms. The molecule has 14 heavy (non-hydrogen) atoms. The van der Waals surface area contributed by atoms with E-state index in [4.69, 9.17) is 0 Å². The fourth-order valence-corrected chi connectivity index (χ4v) is 5.87. The SMILES string of the molecule is Cc1cc(C(C)(C)C)cc(C)c1[Se]I. The van der Waals surface area contributed by atoms with Gasteiger partial charge in [-0.15, -0.1) is 0 Å². The molecule has 1 rings (SSSR count). The van der Waals surface area contributed by atoms with Crippen LogP contribution in [0.25, 0.3) is 0 Å². The average molecular weight is 367 g/mol. The first-order chi connectivity index (χ1) is 6.36. The Labute approximate surface area is 105 Å². The zero-order valence-electron chi connectivity index (χ0n) is 9.44. The summed E-state index contributed by atoms with van der Waals surface area (Å²) < 4.78 is 1.56. The summed E-state index contributed by atoms with van der Waals surface area (Å²) in [5, 5.41) is 0. The normalized spacial score (nSPS) is 11.9. The van der Waals surface area contributed by atoms with Gasteiger partial charge in [0.05, 0.1) is 0 Å². The molecule has 1 aromatic carbocycles. The second-order valence-corrected chi connectivity index (χ2v) is 8.23. The van der Waals surface area contributed by atoms with E-state index in [1.165, 1.54) is 16.7 Å². The van der Waals surface area contributed by atoms with E-state index < -0.39 is 0 Å². The van der Waals surface area contributed by atoms with E-state index in [1.54, 1.807) is 4.46 Å². The van der Waals surface area contributed by atoms with Crippen LogP contribution in [-0.4, -0.2) is 11.7 Å². The number of benzene rings is 1. The first-order valence-electron chi connectivity index (χ1n) is 4.76. The van der Waals surface area contributed by atoms with Crippen LogP contribution in [0.3, 0.4) is 0 Å². The molecule has 0 radical (unpaired) electrons. The topological polar surface area (TPSA) is 0 Å². The van der Waals surface area contributed by atoms with Gasteiger partial charge in [0.25, 0.3) is 0 Å². The minimum absolute atomic E-state index is 0.270. The second kappa shape index (κ2) is 4.54. The first kappa shape index (κ1) is 12.5. The molecule has 0 aliphatic heterocycles. The summed E-state index contributed by atoms with van der Waals surface area (Å²) in [7, 11) is 0. The van der Waals surface area contributed by atoms with Crippen LogP contribution >= 0.6 is 20.3 Å². The van der Waals surface area contributed by atoms with Crippen LogP contribution in [0.5, 0.6) is 0 Å². The summed E-state index contributed by atoms with van der Waals surface area (Å²) in [5.41, 5.74) is 4.65. The van der Waals surface area contributed by atoms with Gasteiger partial charge >= 0.3 is 105 Å². The summed E-state index contributed by atoms with van der Waals surface area (Å²) in [4.78, 5) is 0. The predicted octanol–water partition coefficient (Wildman–Crippen LogP) is 3.28. The van der Waals surface area contributed by atoms with Crippen molar-refractivity contribution < 1.29 is 0 Å². The van der Waals surface area contributed by atoms with Crippen molar-refractivity contribution in [3.05, 3.63) is 28.8 Å². The van der Waals surface area contributed by atoms with E-state index in [0.29, 0.717) is 11.7 Å². The molecule has 0 atom stereocenters. The Bertz CT molecular complexity index is 314. The molecule has 0 N–H and O–H groups in total. The van der Waals surface area contributed by atoms with E-state index >= 15 is 0 Å². The van der Waals surface area contributed by atoms with E-state index in [0.717, 1.165) is 0 Å². The van der Waals surface area contributed by atoms with E-state index in [9.17, 15) is 0 Å². The fraction of sp³-hybridized carbons (Fsp3) is 0.500. The van der Waals surface area contributed by atoms with Crippen molar-refractivity contribution in [3.63, 3.8) is 0 Å². The zero-order valence-corrected chi connectivity index (χ0v) is 13.3. The molecule has 0 fully saturated rings. The fourth-order valence-electron chi connectivity index (χ4n) is 1.50. The molecule has 0 amide bonds. The molecule has 0 nitrogen and oxygen atoms in total. The summed E-state index contributed by atoms with van der Waals surface area (Å²) in [6.07, 6.45) is 0. The quantitative estimate of drug-likeness (QED) is 0.528. The van der Waals surface area contributed by atoms with Gasteiger partial charge in [-0.05, 0) is 0 Å². The van der Waals surface area contributed by atoms with Crippen molar-refractivity contribution in [3.8, 4) is 0 Å². The van der Waals surface area contributed by atoms with Gasteiger partial charge in [-0.3, -0.25) is 0 Å². The molecule has 0 heterocycles. The van der Waals surface area contributed by atoms with Gasteiger partial charge in [-0.1, -0.05) is 0 Å². The van der Waals surface area contributed by atoms with Crippen molar-refractivity contribution in [2.24, 2.45) is 0 Å². The molecule has 0 saturated heterocycles. The van der Waals surface area contributed by atoms with Gasteiger partial charge in [-0.2, -0.15) is 0 Å². The molecule has 2 heteroatoms. The van der Waals surface area contributed by atoms with Crippen molar-refractivity contribution in [1.29, 1.82) is 0 Å². The Morgan fingerprint density at radius 2 is 1.50 bits per heavy atom. The molecule has 1 aromatic rings. The standard InChI is InChI=1S/C12H17ISe/c1-8-6-10(12(3,4)5)7-9(2)11(8)14-13/h6-7H,1-5H3. The third-order valence-corrected chi connectivity index (χ3v) is 6.37. The number of rotatable bonds is 1. The van der Waals surface area contributed by atoms with E-state index in [1.807, 2.05) is 0 Å². The molecule has 0 aliphatic carbocycles. The van der Waals surface area contributed by atoms with Gasteiger partial charge in [0, 0.05) is 0 Å². The predicted molar refractivity (Wildman–Crippen MR) is 74.0 cm³/mol. The summed E-state index contributed by atoms with van der Waals surface area (Å²) in [6.45, 7) is 11.3. The monoisotopic (exact) mass is 368 g/mol. The number of hydrogen-bond donors (Lipinski definition) is 0. The van der Waals surface area contributed by atoms with E-state index in [2.05, 4.69) is 67.1 Å². The van der Waals surface area contributed by atoms with Crippen molar-refractivity contribution in [2.45, 2.75) is 40.0 Å². The molecule has 0 saturated carbocycles. The minimum atomic E-state index is 0.270. The van der Waals surface area contributed by atoms with Crippen LogP contribution in [0.15, 0.2) is 12.1 Å². The maximum atomic E-state index is 2.50. The van der Waals surface area contributed by atoms with Gasteiger partial charge < -0.3 is 0 Å². The molecule has 0 spiro atoms. The second-order valence-electron chi connectivity index (χ2n) is 4.77. The first-order valence-corrected chi connectivity index (χ1v) is 10.8. The van der Waals surface area contributed by atoms with E-state index in [-0.39, 0.29) is 5.41 Å². The molecular formula is C12H17ISe. The van der Waals surface area contributed by atoms with Crippen molar-refractivity contribution in [1.82, 2.24) is 0 Å². The van der Waals surface area contributed by atoms with Crippen LogP contribution in [-0.2, 0) is 5.41 Å². The van der Waals surface area contributed by atoms with Gasteiger partial charge in [0.1, 0.15) is 0 Å². The van der Waals surface area contributed by atoms with Gasteiger partial charge in [-0.25, -0.2) is 0 Å². The van der Waals surface area contributed by atoms with Gasteiger partial charge in [0.2, 0.25) is 0 Å². The Hall–Kier alpha value is 0.469. The van der Waals surface area contributed by atoms with Crippen molar-refractivity contribution >= 4 is 36.5 Å². The Morgan fingerprint density at radius 3 is 1.79 bits per heavy atom.